The van der Waals surface area contributed by atoms with Crippen LogP contribution in [0.1, 0.15) is 12.7 Å². The quantitative estimate of drug-likeness (QED) is 0.479. The van der Waals surface area contributed by atoms with Gasteiger partial charge in [-0.05, 0) is 6.92 Å². The Balaban J connectivity index is 1.94. The zero-order valence-electron chi connectivity index (χ0n) is 11.4. The first-order chi connectivity index (χ1) is 9.81. The number of imidazole rings is 1. The van der Waals surface area contributed by atoms with Crippen molar-refractivity contribution < 1.29 is 4.74 Å². The van der Waals surface area contributed by atoms with Crippen LogP contribution < -0.4 is 16.6 Å². The summed E-state index contributed by atoms with van der Waals surface area (Å²) in [5, 5.41) is 3.22. The SMILES string of the molecule is CCOCc1nc(NN)cc(NCCn2ccnc2)n1. The summed E-state index contributed by atoms with van der Waals surface area (Å²) in [6.07, 6.45) is 5.44. The summed E-state index contributed by atoms with van der Waals surface area (Å²) in [5.41, 5.74) is 2.53. The molecule has 8 nitrogen and oxygen atoms in total. The Morgan fingerprint density at radius 1 is 1.35 bits per heavy atom. The van der Waals surface area contributed by atoms with Crippen LogP contribution in [-0.2, 0) is 17.9 Å². The van der Waals surface area contributed by atoms with Gasteiger partial charge in [-0.25, -0.2) is 20.8 Å². The molecule has 108 valence electrons. The number of ether oxygens (including phenoxy) is 1. The molecule has 0 saturated carbocycles. The number of anilines is 2. The van der Waals surface area contributed by atoms with Crippen LogP contribution in [0.25, 0.3) is 0 Å². The van der Waals surface area contributed by atoms with Gasteiger partial charge in [0.05, 0.1) is 6.33 Å². The molecule has 2 rings (SSSR count). The first kappa shape index (κ1) is 14.2. The van der Waals surface area contributed by atoms with E-state index in [4.69, 9.17) is 10.6 Å². The van der Waals surface area contributed by atoms with Crippen LogP contribution in [0, 0.1) is 0 Å². The first-order valence-electron chi connectivity index (χ1n) is 6.43. The van der Waals surface area contributed by atoms with E-state index in [-0.39, 0.29) is 0 Å². The van der Waals surface area contributed by atoms with Crippen molar-refractivity contribution in [3.63, 3.8) is 0 Å². The predicted octanol–water partition coefficient (Wildman–Crippen LogP) is 0.607. The Bertz CT molecular complexity index is 515. The summed E-state index contributed by atoms with van der Waals surface area (Å²) >= 11 is 0. The fourth-order valence-corrected chi connectivity index (χ4v) is 1.65. The molecule has 2 heterocycles. The average molecular weight is 277 g/mol. The Hall–Kier alpha value is -2.19. The molecule has 0 fully saturated rings. The third-order valence-corrected chi connectivity index (χ3v) is 2.59. The molecule has 0 radical (unpaired) electrons. The van der Waals surface area contributed by atoms with Gasteiger partial charge < -0.3 is 20.0 Å². The topological polar surface area (TPSA) is 103 Å². The molecule has 2 aromatic heterocycles. The lowest BCUT2D eigenvalue weighted by Crippen LogP contribution is -2.15. The highest BCUT2D eigenvalue weighted by Gasteiger charge is 2.04. The number of hydrazine groups is 1. The molecule has 0 spiro atoms. The smallest absolute Gasteiger partial charge is 0.158 e. The van der Waals surface area contributed by atoms with E-state index < -0.39 is 0 Å². The van der Waals surface area contributed by atoms with Crippen molar-refractivity contribution >= 4 is 11.6 Å². The van der Waals surface area contributed by atoms with Crippen molar-refractivity contribution in [2.45, 2.75) is 20.1 Å². The maximum absolute atomic E-state index is 5.40. The molecule has 0 aromatic carbocycles. The summed E-state index contributed by atoms with van der Waals surface area (Å²) in [7, 11) is 0. The lowest BCUT2D eigenvalue weighted by molar-refractivity contribution is 0.128. The van der Waals surface area contributed by atoms with Crippen LogP contribution >= 0.6 is 0 Å². The Kier molecular flexibility index (Phi) is 5.27. The lowest BCUT2D eigenvalue weighted by Gasteiger charge is -2.10. The second kappa shape index (κ2) is 7.41. The second-order valence-electron chi connectivity index (χ2n) is 4.06. The van der Waals surface area contributed by atoms with E-state index in [1.54, 1.807) is 18.6 Å². The highest BCUT2D eigenvalue weighted by molar-refractivity contribution is 5.46. The molecule has 0 saturated heterocycles. The third-order valence-electron chi connectivity index (χ3n) is 2.59. The van der Waals surface area contributed by atoms with Gasteiger partial charge in [0.15, 0.2) is 5.82 Å². The van der Waals surface area contributed by atoms with Gasteiger partial charge in [-0.2, -0.15) is 0 Å². The molecule has 0 bridgehead atoms. The van der Waals surface area contributed by atoms with Crippen LogP contribution in [-0.4, -0.2) is 32.7 Å². The molecule has 0 atom stereocenters. The molecular formula is C12H19N7O. The summed E-state index contributed by atoms with van der Waals surface area (Å²) in [6, 6.07) is 1.75. The Morgan fingerprint density at radius 2 is 2.20 bits per heavy atom. The van der Waals surface area contributed by atoms with Crippen molar-refractivity contribution in [1.29, 1.82) is 0 Å². The minimum absolute atomic E-state index is 0.363. The zero-order chi connectivity index (χ0) is 14.2. The van der Waals surface area contributed by atoms with Crippen LogP contribution in [0.15, 0.2) is 24.8 Å². The normalized spacial score (nSPS) is 10.5. The van der Waals surface area contributed by atoms with Crippen molar-refractivity contribution in [3.05, 3.63) is 30.6 Å². The van der Waals surface area contributed by atoms with E-state index in [2.05, 4.69) is 25.7 Å². The monoisotopic (exact) mass is 277 g/mol. The van der Waals surface area contributed by atoms with Crippen molar-refractivity contribution in [2.75, 3.05) is 23.9 Å². The molecule has 2 aromatic rings. The fourth-order valence-electron chi connectivity index (χ4n) is 1.65. The van der Waals surface area contributed by atoms with E-state index in [1.165, 1.54) is 0 Å². The van der Waals surface area contributed by atoms with E-state index in [0.29, 0.717) is 30.7 Å². The molecule has 4 N–H and O–H groups in total. The largest absolute Gasteiger partial charge is 0.374 e. The molecule has 20 heavy (non-hydrogen) atoms. The maximum atomic E-state index is 5.40. The van der Waals surface area contributed by atoms with Crippen LogP contribution in [0.5, 0.6) is 0 Å². The van der Waals surface area contributed by atoms with Gasteiger partial charge in [0, 0.05) is 38.2 Å². The van der Waals surface area contributed by atoms with Gasteiger partial charge in [0.25, 0.3) is 0 Å². The number of hydrogen-bond acceptors (Lipinski definition) is 7. The van der Waals surface area contributed by atoms with E-state index in [1.807, 2.05) is 17.7 Å². The van der Waals surface area contributed by atoms with Crippen molar-refractivity contribution in [3.8, 4) is 0 Å². The summed E-state index contributed by atoms with van der Waals surface area (Å²) in [4.78, 5) is 12.6. The Morgan fingerprint density at radius 3 is 2.90 bits per heavy atom. The average Bonchev–Trinajstić information content (AvgIpc) is 2.98. The van der Waals surface area contributed by atoms with E-state index >= 15 is 0 Å². The van der Waals surface area contributed by atoms with Gasteiger partial charge in [0.2, 0.25) is 0 Å². The highest BCUT2D eigenvalue weighted by atomic mass is 16.5. The number of nitrogens with two attached hydrogens (primary N) is 1. The van der Waals surface area contributed by atoms with Gasteiger partial charge >= 0.3 is 0 Å². The molecule has 0 aliphatic heterocycles. The van der Waals surface area contributed by atoms with Crippen LogP contribution in [0.2, 0.25) is 0 Å². The number of nitrogens with zero attached hydrogens (tertiary/aromatic N) is 4. The number of nitrogens with one attached hydrogen (secondary N) is 2. The molecule has 0 aliphatic rings. The molecular weight excluding hydrogens is 258 g/mol. The van der Waals surface area contributed by atoms with Crippen LogP contribution in [0.3, 0.4) is 0 Å². The van der Waals surface area contributed by atoms with E-state index in [9.17, 15) is 0 Å². The van der Waals surface area contributed by atoms with Gasteiger partial charge in [-0.3, -0.25) is 0 Å². The fraction of sp³-hybridized carbons (Fsp3) is 0.417. The minimum atomic E-state index is 0.363. The number of rotatable bonds is 8. The standard InChI is InChI=1S/C12H19N7O/c1-2-20-8-12-16-10(7-11(17-12)18-13)15-4-6-19-5-3-14-9-19/h3,5,7,9H,2,4,6,8,13H2,1H3,(H2,15,16,17,18). The molecule has 0 amide bonds. The maximum Gasteiger partial charge on any atom is 0.158 e. The molecule has 0 unspecified atom stereocenters. The van der Waals surface area contributed by atoms with Crippen molar-refractivity contribution in [1.82, 2.24) is 19.5 Å². The van der Waals surface area contributed by atoms with Crippen molar-refractivity contribution in [2.24, 2.45) is 5.84 Å². The van der Waals surface area contributed by atoms with E-state index in [0.717, 1.165) is 13.1 Å². The molecule has 8 heteroatoms. The predicted molar refractivity (Wildman–Crippen MR) is 75.9 cm³/mol. The van der Waals surface area contributed by atoms with Gasteiger partial charge in [-0.1, -0.05) is 0 Å². The Labute approximate surface area is 117 Å². The summed E-state index contributed by atoms with van der Waals surface area (Å²) < 4.78 is 7.29. The van der Waals surface area contributed by atoms with Gasteiger partial charge in [-0.15, -0.1) is 0 Å². The first-order valence-corrected chi connectivity index (χ1v) is 6.43. The number of hydrogen-bond donors (Lipinski definition) is 3. The van der Waals surface area contributed by atoms with Crippen LogP contribution in [0.4, 0.5) is 11.6 Å². The second-order valence-corrected chi connectivity index (χ2v) is 4.06. The third kappa shape index (κ3) is 4.18. The number of nitrogen functional groups attached to an aromatic ring is 1. The zero-order valence-corrected chi connectivity index (χ0v) is 11.4. The summed E-state index contributed by atoms with van der Waals surface area (Å²) in [5.74, 6) is 7.26. The minimum Gasteiger partial charge on any atom is -0.374 e. The number of aromatic nitrogens is 4. The van der Waals surface area contributed by atoms with Gasteiger partial charge in [0.1, 0.15) is 18.2 Å². The highest BCUT2D eigenvalue weighted by Crippen LogP contribution is 2.11. The molecule has 0 aliphatic carbocycles. The lowest BCUT2D eigenvalue weighted by atomic mass is 10.4. The summed E-state index contributed by atoms with van der Waals surface area (Å²) in [6.45, 7) is 4.44.